The van der Waals surface area contributed by atoms with Gasteiger partial charge in [0.15, 0.2) is 0 Å². The van der Waals surface area contributed by atoms with Crippen LogP contribution in [-0.2, 0) is 4.74 Å². The predicted molar refractivity (Wildman–Crippen MR) is 89.8 cm³/mol. The lowest BCUT2D eigenvalue weighted by atomic mass is 10.1. The highest BCUT2D eigenvalue weighted by atomic mass is 16.5. The average Bonchev–Trinajstić information content (AvgIpc) is 3.03. The van der Waals surface area contributed by atoms with Gasteiger partial charge in [-0.1, -0.05) is 6.07 Å². The van der Waals surface area contributed by atoms with E-state index in [-0.39, 0.29) is 12.1 Å². The highest BCUT2D eigenvalue weighted by Crippen LogP contribution is 2.23. The van der Waals surface area contributed by atoms with Crippen LogP contribution in [0, 0.1) is 6.92 Å². The third-order valence-corrected chi connectivity index (χ3v) is 3.94. The number of urea groups is 1. The second-order valence-corrected chi connectivity index (χ2v) is 5.66. The molecule has 0 radical (unpaired) electrons. The van der Waals surface area contributed by atoms with Crippen LogP contribution in [0.25, 0.3) is 0 Å². The van der Waals surface area contributed by atoms with Crippen molar-refractivity contribution in [3.8, 4) is 0 Å². The molecule has 7 heteroatoms. The molecule has 0 saturated carbocycles. The molecule has 24 heavy (non-hydrogen) atoms. The normalized spacial score (nSPS) is 16.5. The fraction of sp³-hybridized carbons (Fsp3) is 0.412. The maximum Gasteiger partial charge on any atom is 0.320 e. The minimum Gasteiger partial charge on any atom is -0.465 e. The SMILES string of the molecule is Cc1ccc([C@@H](CNC(=O)Nc2ccccn2)N2CCOCC2)o1. The molecule has 1 aliphatic rings. The van der Waals surface area contributed by atoms with Crippen LogP contribution in [0.2, 0.25) is 0 Å². The molecule has 3 rings (SSSR count). The molecule has 1 saturated heterocycles. The van der Waals surface area contributed by atoms with Crippen LogP contribution in [0.1, 0.15) is 17.6 Å². The van der Waals surface area contributed by atoms with Crippen molar-refractivity contribution < 1.29 is 13.9 Å². The molecule has 2 aromatic rings. The van der Waals surface area contributed by atoms with E-state index in [2.05, 4.69) is 20.5 Å². The number of nitrogens with one attached hydrogen (secondary N) is 2. The van der Waals surface area contributed by atoms with E-state index in [4.69, 9.17) is 9.15 Å². The number of nitrogens with zero attached hydrogens (tertiary/aromatic N) is 2. The first kappa shape index (κ1) is 16.5. The molecule has 1 aliphatic heterocycles. The van der Waals surface area contributed by atoms with Crippen LogP contribution < -0.4 is 10.6 Å². The molecule has 1 fully saturated rings. The summed E-state index contributed by atoms with van der Waals surface area (Å²) in [4.78, 5) is 18.4. The number of carbonyl (C=O) groups excluding carboxylic acids is 1. The van der Waals surface area contributed by atoms with Crippen molar-refractivity contribution in [3.05, 3.63) is 48.0 Å². The van der Waals surface area contributed by atoms with Crippen LogP contribution in [0.5, 0.6) is 0 Å². The fourth-order valence-corrected chi connectivity index (χ4v) is 2.72. The first-order valence-corrected chi connectivity index (χ1v) is 8.06. The van der Waals surface area contributed by atoms with Crippen molar-refractivity contribution >= 4 is 11.8 Å². The van der Waals surface area contributed by atoms with Gasteiger partial charge in [-0.05, 0) is 31.2 Å². The van der Waals surface area contributed by atoms with E-state index < -0.39 is 0 Å². The zero-order chi connectivity index (χ0) is 16.8. The summed E-state index contributed by atoms with van der Waals surface area (Å²) in [5.74, 6) is 2.24. The van der Waals surface area contributed by atoms with Gasteiger partial charge in [0.05, 0.1) is 19.3 Å². The second-order valence-electron chi connectivity index (χ2n) is 5.66. The maximum atomic E-state index is 12.1. The lowest BCUT2D eigenvalue weighted by Crippen LogP contribution is -2.44. The third-order valence-electron chi connectivity index (χ3n) is 3.94. The van der Waals surface area contributed by atoms with E-state index in [1.807, 2.05) is 25.1 Å². The van der Waals surface area contributed by atoms with Crippen LogP contribution in [0.15, 0.2) is 40.9 Å². The van der Waals surface area contributed by atoms with Crippen molar-refractivity contribution in [1.29, 1.82) is 0 Å². The van der Waals surface area contributed by atoms with Gasteiger partial charge in [-0.3, -0.25) is 10.2 Å². The molecule has 0 spiro atoms. The van der Waals surface area contributed by atoms with Crippen LogP contribution in [-0.4, -0.2) is 48.8 Å². The summed E-state index contributed by atoms with van der Waals surface area (Å²) in [7, 11) is 0. The molecular formula is C17H22N4O3. The number of anilines is 1. The number of hydrogen-bond donors (Lipinski definition) is 2. The van der Waals surface area contributed by atoms with Crippen molar-refractivity contribution in [2.75, 3.05) is 38.2 Å². The van der Waals surface area contributed by atoms with Crippen molar-refractivity contribution in [3.63, 3.8) is 0 Å². The average molecular weight is 330 g/mol. The van der Waals surface area contributed by atoms with E-state index in [0.29, 0.717) is 25.6 Å². The molecule has 3 heterocycles. The Bertz CT molecular complexity index is 653. The summed E-state index contributed by atoms with van der Waals surface area (Å²) in [6.07, 6.45) is 1.64. The first-order valence-electron chi connectivity index (χ1n) is 8.06. The Morgan fingerprint density at radius 1 is 1.29 bits per heavy atom. The van der Waals surface area contributed by atoms with E-state index in [0.717, 1.165) is 24.6 Å². The number of amides is 2. The lowest BCUT2D eigenvalue weighted by Gasteiger charge is -2.33. The topological polar surface area (TPSA) is 79.6 Å². The van der Waals surface area contributed by atoms with Gasteiger partial charge < -0.3 is 14.5 Å². The number of rotatable bonds is 5. The molecular weight excluding hydrogens is 308 g/mol. The molecule has 0 bridgehead atoms. The summed E-state index contributed by atoms with van der Waals surface area (Å²) < 4.78 is 11.2. The first-order chi connectivity index (χ1) is 11.7. The highest BCUT2D eigenvalue weighted by Gasteiger charge is 2.25. The molecule has 7 nitrogen and oxygen atoms in total. The van der Waals surface area contributed by atoms with Gasteiger partial charge in [0.1, 0.15) is 17.3 Å². The predicted octanol–water partition coefficient (Wildman–Crippen LogP) is 2.18. The molecule has 0 unspecified atom stereocenters. The Morgan fingerprint density at radius 2 is 2.12 bits per heavy atom. The van der Waals surface area contributed by atoms with E-state index >= 15 is 0 Å². The maximum absolute atomic E-state index is 12.1. The summed E-state index contributed by atoms with van der Waals surface area (Å²) >= 11 is 0. The van der Waals surface area contributed by atoms with Gasteiger partial charge in [-0.15, -0.1) is 0 Å². The van der Waals surface area contributed by atoms with Crippen molar-refractivity contribution in [2.24, 2.45) is 0 Å². The molecule has 0 aromatic carbocycles. The largest absolute Gasteiger partial charge is 0.465 e. The number of hydrogen-bond acceptors (Lipinski definition) is 5. The number of furan rings is 1. The Kier molecular flexibility index (Phi) is 5.45. The number of morpholine rings is 1. The third kappa shape index (κ3) is 4.33. The van der Waals surface area contributed by atoms with Crippen LogP contribution in [0.3, 0.4) is 0 Å². The van der Waals surface area contributed by atoms with Gasteiger partial charge in [0.25, 0.3) is 0 Å². The Hall–Kier alpha value is -2.38. The molecule has 1 atom stereocenters. The van der Waals surface area contributed by atoms with Crippen molar-refractivity contribution in [2.45, 2.75) is 13.0 Å². The highest BCUT2D eigenvalue weighted by molar-refractivity contribution is 5.88. The van der Waals surface area contributed by atoms with Crippen LogP contribution >= 0.6 is 0 Å². The molecule has 2 amide bonds. The van der Waals surface area contributed by atoms with E-state index in [1.54, 1.807) is 18.3 Å². The minimum atomic E-state index is -0.282. The number of carbonyl (C=O) groups is 1. The van der Waals surface area contributed by atoms with Crippen molar-refractivity contribution in [1.82, 2.24) is 15.2 Å². The van der Waals surface area contributed by atoms with E-state index in [1.165, 1.54) is 0 Å². The number of ether oxygens (including phenoxy) is 1. The Morgan fingerprint density at radius 3 is 2.79 bits per heavy atom. The van der Waals surface area contributed by atoms with Gasteiger partial charge in [-0.25, -0.2) is 9.78 Å². The molecule has 0 aliphatic carbocycles. The summed E-state index contributed by atoms with van der Waals surface area (Å²) in [5, 5.41) is 5.63. The zero-order valence-electron chi connectivity index (χ0n) is 13.7. The molecule has 128 valence electrons. The quantitative estimate of drug-likeness (QED) is 0.878. The summed E-state index contributed by atoms with van der Waals surface area (Å²) in [6, 6.07) is 8.98. The number of aromatic nitrogens is 1. The Balaban J connectivity index is 1.62. The minimum absolute atomic E-state index is 0.0166. The number of aryl methyl sites for hydroxylation is 1. The van der Waals surface area contributed by atoms with Crippen LogP contribution in [0.4, 0.5) is 10.6 Å². The van der Waals surface area contributed by atoms with Gasteiger partial charge in [-0.2, -0.15) is 0 Å². The zero-order valence-corrected chi connectivity index (χ0v) is 13.7. The smallest absolute Gasteiger partial charge is 0.320 e. The van der Waals surface area contributed by atoms with Gasteiger partial charge >= 0.3 is 6.03 Å². The lowest BCUT2D eigenvalue weighted by molar-refractivity contribution is 0.0122. The Labute approximate surface area is 141 Å². The second kappa shape index (κ2) is 7.94. The fourth-order valence-electron chi connectivity index (χ4n) is 2.72. The van der Waals surface area contributed by atoms with Gasteiger partial charge in [0, 0.05) is 25.8 Å². The van der Waals surface area contributed by atoms with Gasteiger partial charge in [0.2, 0.25) is 0 Å². The monoisotopic (exact) mass is 330 g/mol. The summed E-state index contributed by atoms with van der Waals surface area (Å²) in [5.41, 5.74) is 0. The summed E-state index contributed by atoms with van der Waals surface area (Å²) in [6.45, 7) is 5.38. The van der Waals surface area contributed by atoms with E-state index in [9.17, 15) is 4.79 Å². The molecule has 2 N–H and O–H groups in total. The number of pyridine rings is 1. The molecule has 2 aromatic heterocycles. The standard InChI is InChI=1S/C17H22N4O3/c1-13-5-6-15(24-13)14(21-8-10-23-11-9-21)12-19-17(22)20-16-4-2-3-7-18-16/h2-7,14H,8-12H2,1H3,(H2,18,19,20,22)/t14-/m1/s1.